The predicted molar refractivity (Wildman–Crippen MR) is 92.2 cm³/mol. The van der Waals surface area contributed by atoms with Crippen molar-refractivity contribution in [2.45, 2.75) is 58.1 Å². The first-order chi connectivity index (χ1) is 11.2. The summed E-state index contributed by atoms with van der Waals surface area (Å²) in [4.78, 5) is 29.0. The monoisotopic (exact) mass is 332 g/mol. The van der Waals surface area contributed by atoms with E-state index in [0.717, 1.165) is 24.8 Å². The van der Waals surface area contributed by atoms with Crippen LogP contribution in [-0.2, 0) is 9.53 Å². The average molecular weight is 332 g/mol. The lowest BCUT2D eigenvalue weighted by atomic mass is 9.89. The Labute approximate surface area is 144 Å². The van der Waals surface area contributed by atoms with Gasteiger partial charge in [-0.25, -0.2) is 9.69 Å². The predicted octanol–water partition coefficient (Wildman–Crippen LogP) is 3.32. The van der Waals surface area contributed by atoms with Crippen molar-refractivity contribution >= 4 is 12.0 Å². The van der Waals surface area contributed by atoms with Gasteiger partial charge in [-0.1, -0.05) is 6.08 Å². The molecular weight excluding hydrogens is 304 g/mol. The molecule has 3 aliphatic rings. The molecule has 132 valence electrons. The highest BCUT2D eigenvalue weighted by atomic mass is 16.6. The molecule has 5 nitrogen and oxygen atoms in total. The molecule has 1 saturated carbocycles. The average Bonchev–Trinajstić information content (AvgIpc) is 2.93. The van der Waals surface area contributed by atoms with Gasteiger partial charge in [0.05, 0.1) is 6.04 Å². The second-order valence-corrected chi connectivity index (χ2v) is 8.32. The molecule has 0 aromatic rings. The van der Waals surface area contributed by atoms with Gasteiger partial charge in [-0.2, -0.15) is 0 Å². The van der Waals surface area contributed by atoms with Crippen LogP contribution in [0.15, 0.2) is 23.4 Å². The van der Waals surface area contributed by atoms with Crippen LogP contribution in [0.2, 0.25) is 0 Å². The molecule has 3 unspecified atom stereocenters. The quantitative estimate of drug-likeness (QED) is 0.546. The summed E-state index contributed by atoms with van der Waals surface area (Å²) in [6, 6.07) is -0.149. The fraction of sp³-hybridized carbons (Fsp3) is 0.684. The Morgan fingerprint density at radius 2 is 2.08 bits per heavy atom. The Bertz CT molecular complexity index is 613. The number of hydrogen-bond donors (Lipinski definition) is 0. The van der Waals surface area contributed by atoms with Crippen molar-refractivity contribution in [2.75, 3.05) is 14.1 Å². The number of carbonyl (C=O) groups excluding carboxylic acids is 2. The molecule has 2 amide bonds. The molecule has 5 heteroatoms. The van der Waals surface area contributed by atoms with Crippen LogP contribution in [0.4, 0.5) is 4.79 Å². The van der Waals surface area contributed by atoms with Crippen LogP contribution in [0.25, 0.3) is 0 Å². The molecule has 0 radical (unpaired) electrons. The summed E-state index contributed by atoms with van der Waals surface area (Å²) in [5.74, 6) is 0.400. The number of carbonyl (C=O) groups is 2. The van der Waals surface area contributed by atoms with Gasteiger partial charge in [0.1, 0.15) is 5.60 Å². The highest BCUT2D eigenvalue weighted by Gasteiger charge is 2.55. The maximum absolute atomic E-state index is 13.0. The Balaban J connectivity index is 1.99. The Hall–Kier alpha value is -1.78. The second kappa shape index (κ2) is 5.94. The topological polar surface area (TPSA) is 49.9 Å². The van der Waals surface area contributed by atoms with E-state index >= 15 is 0 Å². The molecule has 1 heterocycles. The fourth-order valence-corrected chi connectivity index (χ4v) is 4.24. The van der Waals surface area contributed by atoms with Gasteiger partial charge in [0, 0.05) is 31.8 Å². The summed E-state index contributed by atoms with van der Waals surface area (Å²) in [5, 5.41) is 0. The fourth-order valence-electron chi connectivity index (χ4n) is 4.24. The number of rotatable bonds is 1. The van der Waals surface area contributed by atoms with Crippen molar-refractivity contribution in [1.82, 2.24) is 9.80 Å². The van der Waals surface area contributed by atoms with Crippen molar-refractivity contribution in [3.8, 4) is 0 Å². The molecule has 24 heavy (non-hydrogen) atoms. The molecule has 2 fully saturated rings. The lowest BCUT2D eigenvalue weighted by molar-refractivity contribution is -0.125. The van der Waals surface area contributed by atoms with E-state index in [9.17, 15) is 9.59 Å². The third-order valence-corrected chi connectivity index (χ3v) is 5.00. The minimum absolute atomic E-state index is 0.0989. The van der Waals surface area contributed by atoms with Crippen LogP contribution in [0.1, 0.15) is 46.5 Å². The summed E-state index contributed by atoms with van der Waals surface area (Å²) >= 11 is 0. The Kier molecular flexibility index (Phi) is 4.22. The summed E-state index contributed by atoms with van der Waals surface area (Å²) < 4.78 is 5.53. The van der Waals surface area contributed by atoms with Crippen LogP contribution < -0.4 is 0 Å². The molecule has 1 saturated heterocycles. The summed E-state index contributed by atoms with van der Waals surface area (Å²) in [6.07, 6.45) is 7.96. The van der Waals surface area contributed by atoms with E-state index in [0.29, 0.717) is 5.92 Å². The number of nitrogens with zero attached hydrogens (tertiary/aromatic N) is 2. The van der Waals surface area contributed by atoms with Crippen molar-refractivity contribution in [1.29, 1.82) is 0 Å². The first-order valence-electron chi connectivity index (χ1n) is 8.83. The van der Waals surface area contributed by atoms with Crippen molar-refractivity contribution in [3.63, 3.8) is 0 Å². The summed E-state index contributed by atoms with van der Waals surface area (Å²) in [6.45, 7) is 5.49. The minimum atomic E-state index is -0.611. The highest BCUT2D eigenvalue weighted by Crippen LogP contribution is 2.51. The number of likely N-dealkylation sites (tertiary alicyclic amines) is 1. The van der Waals surface area contributed by atoms with Crippen molar-refractivity contribution in [3.05, 3.63) is 23.4 Å². The maximum atomic E-state index is 13.0. The molecule has 0 bridgehead atoms. The smallest absolute Gasteiger partial charge is 0.417 e. The number of amides is 2. The number of fused-ring (bicyclic) bond motifs is 3. The van der Waals surface area contributed by atoms with Crippen LogP contribution in [-0.4, -0.2) is 47.5 Å². The van der Waals surface area contributed by atoms with E-state index in [4.69, 9.17) is 4.74 Å². The SMILES string of the molecule is CN(C)C=C1C(=O)N(C(=O)OC(C)(C)C)C2C3=CCCCC3CC12. The first kappa shape index (κ1) is 17.1. The van der Waals surface area contributed by atoms with Crippen LogP contribution in [0.5, 0.6) is 0 Å². The van der Waals surface area contributed by atoms with Crippen LogP contribution in [0.3, 0.4) is 0 Å². The zero-order valence-electron chi connectivity index (χ0n) is 15.3. The second-order valence-electron chi connectivity index (χ2n) is 8.32. The number of ether oxygens (including phenoxy) is 1. The summed E-state index contributed by atoms with van der Waals surface area (Å²) in [5.41, 5.74) is 1.40. The standard InChI is InChI=1S/C19H28N2O3/c1-19(2,3)24-18(23)21-16-13-9-7-6-8-12(13)10-14(16)15(17(21)22)11-20(4)5/h9,11-12,14,16H,6-8,10H2,1-5H3. The van der Waals surface area contributed by atoms with Gasteiger partial charge in [0.2, 0.25) is 0 Å². The van der Waals surface area contributed by atoms with E-state index in [2.05, 4.69) is 6.08 Å². The number of imide groups is 1. The molecule has 0 spiro atoms. The molecule has 1 aliphatic heterocycles. The normalized spacial score (nSPS) is 31.0. The third kappa shape index (κ3) is 2.96. The molecule has 0 aromatic carbocycles. The highest BCUT2D eigenvalue weighted by molar-refractivity contribution is 6.06. The van der Waals surface area contributed by atoms with Gasteiger partial charge < -0.3 is 9.64 Å². The van der Waals surface area contributed by atoms with Crippen molar-refractivity contribution < 1.29 is 14.3 Å². The van der Waals surface area contributed by atoms with E-state index < -0.39 is 11.7 Å². The van der Waals surface area contributed by atoms with E-state index in [-0.39, 0.29) is 17.9 Å². The van der Waals surface area contributed by atoms with Gasteiger partial charge in [0.15, 0.2) is 0 Å². The van der Waals surface area contributed by atoms with Crippen molar-refractivity contribution in [2.24, 2.45) is 11.8 Å². The number of allylic oxidation sites excluding steroid dienone is 1. The van der Waals surface area contributed by atoms with Crippen LogP contribution >= 0.6 is 0 Å². The Morgan fingerprint density at radius 1 is 1.38 bits per heavy atom. The maximum Gasteiger partial charge on any atom is 0.417 e. The molecule has 3 rings (SSSR count). The molecule has 0 aromatic heterocycles. The molecule has 3 atom stereocenters. The molecule has 2 aliphatic carbocycles. The minimum Gasteiger partial charge on any atom is -0.443 e. The van der Waals surface area contributed by atoms with Gasteiger partial charge in [-0.3, -0.25) is 4.79 Å². The molecule has 0 N–H and O–H groups in total. The lowest BCUT2D eigenvalue weighted by Gasteiger charge is -2.29. The Morgan fingerprint density at radius 3 is 2.71 bits per heavy atom. The number of hydrogen-bond acceptors (Lipinski definition) is 4. The van der Waals surface area contributed by atoms with E-state index in [1.165, 1.54) is 16.9 Å². The van der Waals surface area contributed by atoms with Gasteiger partial charge >= 0.3 is 6.09 Å². The van der Waals surface area contributed by atoms with Gasteiger partial charge in [-0.15, -0.1) is 0 Å². The summed E-state index contributed by atoms with van der Waals surface area (Å²) in [7, 11) is 3.82. The van der Waals surface area contributed by atoms with Gasteiger partial charge in [0.25, 0.3) is 5.91 Å². The van der Waals surface area contributed by atoms with E-state index in [1.807, 2.05) is 46.0 Å². The zero-order chi connectivity index (χ0) is 17.6. The lowest BCUT2D eigenvalue weighted by Crippen LogP contribution is -2.43. The molecular formula is C19H28N2O3. The third-order valence-electron chi connectivity index (χ3n) is 5.00. The zero-order valence-corrected chi connectivity index (χ0v) is 15.3. The first-order valence-corrected chi connectivity index (χ1v) is 8.83. The van der Waals surface area contributed by atoms with Crippen LogP contribution in [0, 0.1) is 11.8 Å². The van der Waals surface area contributed by atoms with Gasteiger partial charge in [-0.05, 0) is 57.9 Å². The van der Waals surface area contributed by atoms with E-state index in [1.54, 1.807) is 0 Å². The largest absolute Gasteiger partial charge is 0.443 e.